The van der Waals surface area contributed by atoms with E-state index < -0.39 is 29.0 Å². The Balaban J connectivity index is 1.10. The number of nitrogens with two attached hydrogens (primary N) is 1. The number of rotatable bonds is 7. The van der Waals surface area contributed by atoms with Crippen LogP contribution in [0.4, 0.5) is 15.4 Å². The number of alkyl carbamates (subject to hydrolysis) is 1. The van der Waals surface area contributed by atoms with Crippen LogP contribution in [0.15, 0.2) is 41.3 Å². The van der Waals surface area contributed by atoms with Crippen LogP contribution < -0.4 is 27.4 Å². The highest BCUT2D eigenvalue weighted by atomic mass is 16.6. The predicted octanol–water partition coefficient (Wildman–Crippen LogP) is 1.94. The number of hydrogen-bond acceptors (Lipinski definition) is 8. The Labute approximate surface area is 251 Å². The van der Waals surface area contributed by atoms with Crippen LogP contribution in [0.25, 0.3) is 5.69 Å². The van der Waals surface area contributed by atoms with E-state index in [-0.39, 0.29) is 35.9 Å². The van der Waals surface area contributed by atoms with Crippen molar-refractivity contribution in [3.8, 4) is 5.69 Å². The Kier molecular flexibility index (Phi) is 7.76. The second-order valence-corrected chi connectivity index (χ2v) is 13.6. The maximum Gasteiger partial charge on any atom is 0.408 e. The fourth-order valence-electron chi connectivity index (χ4n) is 6.10. The molecule has 0 unspecified atom stereocenters. The second kappa shape index (κ2) is 10.9. The van der Waals surface area contributed by atoms with E-state index in [0.29, 0.717) is 18.8 Å². The van der Waals surface area contributed by atoms with Crippen LogP contribution in [0.1, 0.15) is 59.4 Å². The Morgan fingerprint density at radius 2 is 1.56 bits per heavy atom. The number of hydrogen-bond donors (Lipinski definition) is 4. The zero-order chi connectivity index (χ0) is 31.2. The summed E-state index contributed by atoms with van der Waals surface area (Å²) in [5.74, 6) is -0.128. The molecule has 0 spiro atoms. The minimum atomic E-state index is -1.18. The molecule has 4 amide bonds. The van der Waals surface area contributed by atoms with Gasteiger partial charge in [0.2, 0.25) is 5.91 Å². The van der Waals surface area contributed by atoms with Gasteiger partial charge in [0.1, 0.15) is 17.0 Å². The molecule has 4 fully saturated rings. The van der Waals surface area contributed by atoms with Crippen molar-refractivity contribution in [3.05, 3.63) is 52.6 Å². The lowest BCUT2D eigenvalue weighted by Crippen LogP contribution is -2.81. The summed E-state index contributed by atoms with van der Waals surface area (Å²) in [5, 5.41) is 8.92. The van der Waals surface area contributed by atoms with E-state index in [2.05, 4.69) is 20.9 Å². The summed E-state index contributed by atoms with van der Waals surface area (Å²) >= 11 is 0. The molecular weight excluding hydrogens is 552 g/mol. The highest BCUT2D eigenvalue weighted by Crippen LogP contribution is 2.58. The molecule has 13 nitrogen and oxygen atoms in total. The summed E-state index contributed by atoms with van der Waals surface area (Å²) in [6.07, 6.45) is 4.01. The molecule has 0 radical (unpaired) electrons. The molecule has 5 N–H and O–H groups in total. The van der Waals surface area contributed by atoms with Crippen LogP contribution in [0.5, 0.6) is 0 Å². The van der Waals surface area contributed by atoms with Gasteiger partial charge in [-0.2, -0.15) is 4.98 Å². The molecule has 4 aliphatic rings. The molecule has 2 bridgehead atoms. The van der Waals surface area contributed by atoms with Crippen LogP contribution in [0.3, 0.4) is 0 Å². The summed E-state index contributed by atoms with van der Waals surface area (Å²) in [5.41, 5.74) is 5.83. The predicted molar refractivity (Wildman–Crippen MR) is 161 cm³/mol. The number of anilines is 1. The first kappa shape index (κ1) is 30.5. The molecule has 1 aliphatic heterocycles. The van der Waals surface area contributed by atoms with Gasteiger partial charge in [-0.3, -0.25) is 14.7 Å². The third-order valence-electron chi connectivity index (χ3n) is 8.19. The number of amides is 4. The van der Waals surface area contributed by atoms with Gasteiger partial charge in [0.25, 0.3) is 0 Å². The smallest absolute Gasteiger partial charge is 0.408 e. The SMILES string of the molecule is CC(C)(C)OC(=O)NC(C)(C)C(=O)N1CCN(C(=O)Nc2ccn(-c3ccc(CNC45CC(N)(C4)C5)cc3)c(=O)n2)CC1. The molecule has 1 aromatic carbocycles. The van der Waals surface area contributed by atoms with Crippen LogP contribution in [-0.2, 0) is 16.1 Å². The van der Waals surface area contributed by atoms with Gasteiger partial charge in [-0.1, -0.05) is 12.1 Å². The van der Waals surface area contributed by atoms with Crippen molar-refractivity contribution in [2.24, 2.45) is 5.73 Å². The maximum absolute atomic E-state index is 13.1. The molecule has 1 aromatic heterocycles. The average molecular weight is 595 g/mol. The van der Waals surface area contributed by atoms with E-state index in [1.54, 1.807) is 56.7 Å². The topological polar surface area (TPSA) is 164 Å². The first-order valence-corrected chi connectivity index (χ1v) is 14.6. The third kappa shape index (κ3) is 6.83. The third-order valence-corrected chi connectivity index (χ3v) is 8.19. The van der Waals surface area contributed by atoms with Crippen molar-refractivity contribution in [1.29, 1.82) is 0 Å². The number of nitrogens with one attached hydrogen (secondary N) is 3. The first-order chi connectivity index (χ1) is 20.1. The van der Waals surface area contributed by atoms with Gasteiger partial charge in [0.15, 0.2) is 0 Å². The molecule has 2 heterocycles. The highest BCUT2D eigenvalue weighted by molar-refractivity contribution is 5.90. The zero-order valence-electron chi connectivity index (χ0n) is 25.5. The van der Waals surface area contributed by atoms with Crippen molar-refractivity contribution < 1.29 is 19.1 Å². The van der Waals surface area contributed by atoms with Crippen molar-refractivity contribution in [1.82, 2.24) is 30.0 Å². The fraction of sp³-hybridized carbons (Fsp3) is 0.567. The van der Waals surface area contributed by atoms with Crippen molar-refractivity contribution in [2.75, 3.05) is 31.5 Å². The number of carbonyl (C=O) groups is 3. The molecule has 0 atom stereocenters. The molecule has 2 aromatic rings. The van der Waals surface area contributed by atoms with Gasteiger partial charge < -0.3 is 30.9 Å². The van der Waals surface area contributed by atoms with Crippen LogP contribution in [0, 0.1) is 0 Å². The van der Waals surface area contributed by atoms with E-state index in [1.165, 1.54) is 4.57 Å². The lowest BCUT2D eigenvalue weighted by molar-refractivity contribution is -0.138. The lowest BCUT2D eigenvalue weighted by atomic mass is 9.44. The number of urea groups is 1. The summed E-state index contributed by atoms with van der Waals surface area (Å²) in [6, 6.07) is 8.86. The standard InChI is InChI=1S/C30H42N8O5/c1-27(2,3)43-26(42)35-28(4,5)23(39)36-12-14-37(15-13-36)24(40)33-22-10-11-38(25(41)34-22)21-8-6-20(7-9-21)16-32-30-17-29(31,18-30)19-30/h6-11,32H,12-19,31H2,1-5H3,(H,35,42)(H,33,34,40,41). The Bertz CT molecular complexity index is 1430. The van der Waals surface area contributed by atoms with E-state index in [1.807, 2.05) is 24.3 Å². The largest absolute Gasteiger partial charge is 0.444 e. The van der Waals surface area contributed by atoms with Gasteiger partial charge in [0, 0.05) is 50.0 Å². The minimum absolute atomic E-state index is 0.0625. The number of piperazine rings is 1. The molecule has 1 saturated heterocycles. The quantitative estimate of drug-likeness (QED) is 0.378. The van der Waals surface area contributed by atoms with Gasteiger partial charge in [-0.25, -0.2) is 14.4 Å². The molecule has 13 heteroatoms. The van der Waals surface area contributed by atoms with Gasteiger partial charge in [0.05, 0.1) is 5.69 Å². The summed E-state index contributed by atoms with van der Waals surface area (Å²) < 4.78 is 6.69. The monoisotopic (exact) mass is 594 g/mol. The molecule has 43 heavy (non-hydrogen) atoms. The van der Waals surface area contributed by atoms with Crippen molar-refractivity contribution in [3.63, 3.8) is 0 Å². The Hall–Kier alpha value is -3.97. The number of carbonyl (C=O) groups excluding carboxylic acids is 3. The maximum atomic E-state index is 13.1. The van der Waals surface area contributed by atoms with E-state index >= 15 is 0 Å². The van der Waals surface area contributed by atoms with Crippen LogP contribution in [-0.4, -0.2) is 85.8 Å². The van der Waals surface area contributed by atoms with Crippen LogP contribution in [0.2, 0.25) is 0 Å². The number of aromatic nitrogens is 2. The summed E-state index contributed by atoms with van der Waals surface area (Å²) in [4.78, 5) is 58.1. The van der Waals surface area contributed by atoms with Gasteiger partial charge >= 0.3 is 17.8 Å². The van der Waals surface area contributed by atoms with E-state index in [9.17, 15) is 19.2 Å². The zero-order valence-corrected chi connectivity index (χ0v) is 25.5. The average Bonchev–Trinajstić information content (AvgIpc) is 2.88. The number of nitrogens with zero attached hydrogens (tertiary/aromatic N) is 4. The Morgan fingerprint density at radius 1 is 0.953 bits per heavy atom. The van der Waals surface area contributed by atoms with E-state index in [4.69, 9.17) is 10.5 Å². The molecule has 232 valence electrons. The Morgan fingerprint density at radius 3 is 2.12 bits per heavy atom. The second-order valence-electron chi connectivity index (χ2n) is 13.6. The molecular formula is C30H42N8O5. The molecule has 3 aliphatic carbocycles. The molecule has 3 saturated carbocycles. The highest BCUT2D eigenvalue weighted by Gasteiger charge is 2.65. The van der Waals surface area contributed by atoms with Crippen molar-refractivity contribution in [2.45, 2.75) is 82.6 Å². The molecule has 6 rings (SSSR count). The number of benzene rings is 1. The van der Waals surface area contributed by atoms with Crippen molar-refractivity contribution >= 4 is 23.8 Å². The normalized spacial score (nSPS) is 23.1. The van der Waals surface area contributed by atoms with Crippen LogP contribution >= 0.6 is 0 Å². The lowest BCUT2D eigenvalue weighted by Gasteiger charge is -2.69. The minimum Gasteiger partial charge on any atom is -0.444 e. The van der Waals surface area contributed by atoms with Gasteiger partial charge in [-0.05, 0) is 77.6 Å². The van der Waals surface area contributed by atoms with Gasteiger partial charge in [-0.15, -0.1) is 0 Å². The van der Waals surface area contributed by atoms with E-state index in [0.717, 1.165) is 31.4 Å². The summed E-state index contributed by atoms with van der Waals surface area (Å²) in [6.45, 7) is 10.4. The number of ether oxygens (including phenoxy) is 1. The summed E-state index contributed by atoms with van der Waals surface area (Å²) in [7, 11) is 0. The fourth-order valence-corrected chi connectivity index (χ4v) is 6.10. The first-order valence-electron chi connectivity index (χ1n) is 14.6.